The molecule has 2 aromatic rings. The van der Waals surface area contributed by atoms with Crippen molar-refractivity contribution in [3.63, 3.8) is 0 Å². The minimum atomic E-state index is -0.0762. The second-order valence-corrected chi connectivity index (χ2v) is 4.02. The highest BCUT2D eigenvalue weighted by Gasteiger charge is 2.04. The average molecular weight is 237 g/mol. The smallest absolute Gasteiger partial charge is 0.251 e. The van der Waals surface area contributed by atoms with Gasteiger partial charge in [-0.1, -0.05) is 55.1 Å². The van der Waals surface area contributed by atoms with Crippen LogP contribution in [-0.4, -0.2) is 12.5 Å². The Morgan fingerprint density at radius 2 is 1.39 bits per heavy atom. The molecule has 2 aromatic carbocycles. The number of rotatable bonds is 4. The summed E-state index contributed by atoms with van der Waals surface area (Å²) in [6, 6.07) is 19.0. The van der Waals surface area contributed by atoms with E-state index >= 15 is 0 Å². The van der Waals surface area contributed by atoms with Gasteiger partial charge in [0, 0.05) is 12.1 Å². The number of amides is 1. The minimum Gasteiger partial charge on any atom is -0.348 e. The first kappa shape index (κ1) is 12.1. The Hall–Kier alpha value is -2.35. The fraction of sp³-hybridized carbons (Fsp3) is 0.0625. The van der Waals surface area contributed by atoms with Crippen LogP contribution < -0.4 is 5.32 Å². The second kappa shape index (κ2) is 5.82. The lowest BCUT2D eigenvalue weighted by Crippen LogP contribution is -2.24. The third kappa shape index (κ3) is 3.08. The van der Waals surface area contributed by atoms with Gasteiger partial charge >= 0.3 is 0 Å². The van der Waals surface area contributed by atoms with E-state index in [-0.39, 0.29) is 5.91 Å². The Kier molecular flexibility index (Phi) is 3.92. The molecule has 0 atom stereocenters. The highest BCUT2D eigenvalue weighted by atomic mass is 16.1. The number of carbonyl (C=O) groups is 1. The highest BCUT2D eigenvalue weighted by Crippen LogP contribution is 2.10. The summed E-state index contributed by atoms with van der Waals surface area (Å²) in [5.41, 5.74) is 2.61. The van der Waals surface area contributed by atoms with Crippen molar-refractivity contribution in [3.8, 4) is 0 Å². The maximum absolute atomic E-state index is 11.8. The van der Waals surface area contributed by atoms with E-state index in [9.17, 15) is 4.79 Å². The fourth-order valence-corrected chi connectivity index (χ4v) is 1.65. The summed E-state index contributed by atoms with van der Waals surface area (Å²) in [6.45, 7) is 4.43. The topological polar surface area (TPSA) is 29.1 Å². The van der Waals surface area contributed by atoms with Gasteiger partial charge in [-0.3, -0.25) is 4.79 Å². The molecule has 2 heteroatoms. The van der Waals surface area contributed by atoms with E-state index in [1.54, 1.807) is 12.1 Å². The molecule has 0 bridgehead atoms. The van der Waals surface area contributed by atoms with Crippen LogP contribution in [0.15, 0.2) is 67.2 Å². The molecule has 90 valence electrons. The predicted octanol–water partition coefficient (Wildman–Crippen LogP) is 3.13. The van der Waals surface area contributed by atoms with E-state index in [1.165, 1.54) is 0 Å². The van der Waals surface area contributed by atoms with Crippen LogP contribution in [0.1, 0.15) is 15.9 Å². The molecule has 0 fully saturated rings. The Bertz CT molecular complexity index is 480. The van der Waals surface area contributed by atoms with Crippen molar-refractivity contribution in [2.45, 2.75) is 0 Å². The summed E-state index contributed by atoms with van der Waals surface area (Å²) in [7, 11) is 0. The van der Waals surface area contributed by atoms with Gasteiger partial charge in [-0.25, -0.2) is 0 Å². The zero-order chi connectivity index (χ0) is 12.8. The van der Waals surface area contributed by atoms with Crippen LogP contribution >= 0.6 is 0 Å². The first-order chi connectivity index (χ1) is 8.77. The number of carbonyl (C=O) groups excluding carboxylic acids is 1. The van der Waals surface area contributed by atoms with Gasteiger partial charge in [0.1, 0.15) is 0 Å². The number of nitrogens with one attached hydrogen (secondary N) is 1. The lowest BCUT2D eigenvalue weighted by atomic mass is 10.1. The maximum Gasteiger partial charge on any atom is 0.251 e. The van der Waals surface area contributed by atoms with Crippen molar-refractivity contribution in [1.29, 1.82) is 0 Å². The molecule has 0 aromatic heterocycles. The molecule has 2 nitrogen and oxygen atoms in total. The summed E-state index contributed by atoms with van der Waals surface area (Å²) < 4.78 is 0. The molecule has 0 radical (unpaired) electrons. The van der Waals surface area contributed by atoms with Crippen LogP contribution in [0.5, 0.6) is 0 Å². The summed E-state index contributed by atoms with van der Waals surface area (Å²) in [6.07, 6.45) is 0. The van der Waals surface area contributed by atoms with Gasteiger partial charge < -0.3 is 5.32 Å². The van der Waals surface area contributed by atoms with Gasteiger partial charge in [0.05, 0.1) is 0 Å². The van der Waals surface area contributed by atoms with E-state index in [1.807, 2.05) is 48.5 Å². The van der Waals surface area contributed by atoms with Crippen LogP contribution in [0.25, 0.3) is 5.57 Å². The lowest BCUT2D eigenvalue weighted by Gasteiger charge is -2.08. The Balaban J connectivity index is 1.93. The van der Waals surface area contributed by atoms with Gasteiger partial charge in [0.15, 0.2) is 0 Å². The van der Waals surface area contributed by atoms with Crippen molar-refractivity contribution in [3.05, 3.63) is 78.4 Å². The molecule has 1 N–H and O–H groups in total. The summed E-state index contributed by atoms with van der Waals surface area (Å²) >= 11 is 0. The molecule has 0 aliphatic rings. The Morgan fingerprint density at radius 1 is 0.889 bits per heavy atom. The molecule has 0 heterocycles. The van der Waals surface area contributed by atoms with Crippen LogP contribution in [-0.2, 0) is 0 Å². The first-order valence-electron chi connectivity index (χ1n) is 5.84. The van der Waals surface area contributed by atoms with Crippen molar-refractivity contribution in [1.82, 2.24) is 5.32 Å². The third-order valence-corrected chi connectivity index (χ3v) is 2.68. The molecule has 2 rings (SSSR count). The molecule has 0 spiro atoms. The SMILES string of the molecule is C=C(CNC(=O)c1ccccc1)c1ccccc1. The monoisotopic (exact) mass is 237 g/mol. The van der Waals surface area contributed by atoms with Crippen LogP contribution in [0.4, 0.5) is 0 Å². The molecule has 0 saturated carbocycles. The molecule has 0 unspecified atom stereocenters. The largest absolute Gasteiger partial charge is 0.348 e. The molecule has 0 aliphatic heterocycles. The van der Waals surface area contributed by atoms with E-state index in [0.717, 1.165) is 11.1 Å². The fourth-order valence-electron chi connectivity index (χ4n) is 1.65. The number of hydrogen-bond donors (Lipinski definition) is 1. The van der Waals surface area contributed by atoms with Crippen molar-refractivity contribution >= 4 is 11.5 Å². The van der Waals surface area contributed by atoms with E-state index in [2.05, 4.69) is 11.9 Å². The van der Waals surface area contributed by atoms with Crippen LogP contribution in [0, 0.1) is 0 Å². The number of benzene rings is 2. The molecule has 0 saturated heterocycles. The second-order valence-electron chi connectivity index (χ2n) is 4.02. The zero-order valence-electron chi connectivity index (χ0n) is 10.1. The number of hydrogen-bond acceptors (Lipinski definition) is 1. The first-order valence-corrected chi connectivity index (χ1v) is 5.84. The van der Waals surface area contributed by atoms with E-state index < -0.39 is 0 Å². The van der Waals surface area contributed by atoms with Gasteiger partial charge in [-0.05, 0) is 23.3 Å². The van der Waals surface area contributed by atoms with E-state index in [0.29, 0.717) is 12.1 Å². The van der Waals surface area contributed by atoms with Gasteiger partial charge in [-0.2, -0.15) is 0 Å². The molecular formula is C16H15NO. The molecule has 1 amide bonds. The van der Waals surface area contributed by atoms with Crippen LogP contribution in [0.3, 0.4) is 0 Å². The summed E-state index contributed by atoms with van der Waals surface area (Å²) in [5, 5.41) is 2.86. The highest BCUT2D eigenvalue weighted by molar-refractivity contribution is 5.94. The standard InChI is InChI=1S/C16H15NO/c1-13(14-8-4-2-5-9-14)12-17-16(18)15-10-6-3-7-11-15/h2-11H,1,12H2,(H,17,18). The summed E-state index contributed by atoms with van der Waals surface area (Å²) in [4.78, 5) is 11.8. The molecule has 18 heavy (non-hydrogen) atoms. The van der Waals surface area contributed by atoms with Gasteiger partial charge in [0.2, 0.25) is 0 Å². The van der Waals surface area contributed by atoms with Crippen molar-refractivity contribution in [2.24, 2.45) is 0 Å². The van der Waals surface area contributed by atoms with Crippen molar-refractivity contribution < 1.29 is 4.79 Å². The summed E-state index contributed by atoms with van der Waals surface area (Å²) in [5.74, 6) is -0.0762. The third-order valence-electron chi connectivity index (χ3n) is 2.68. The van der Waals surface area contributed by atoms with Gasteiger partial charge in [0.25, 0.3) is 5.91 Å². The van der Waals surface area contributed by atoms with Crippen molar-refractivity contribution in [2.75, 3.05) is 6.54 Å². The molecular weight excluding hydrogens is 222 g/mol. The quantitative estimate of drug-likeness (QED) is 0.869. The lowest BCUT2D eigenvalue weighted by molar-refractivity contribution is 0.0958. The normalized spacial score (nSPS) is 9.78. The average Bonchev–Trinajstić information content (AvgIpc) is 2.46. The van der Waals surface area contributed by atoms with E-state index in [4.69, 9.17) is 0 Å². The predicted molar refractivity (Wildman–Crippen MR) is 74.3 cm³/mol. The Labute approximate surface area is 107 Å². The zero-order valence-corrected chi connectivity index (χ0v) is 10.1. The maximum atomic E-state index is 11.8. The minimum absolute atomic E-state index is 0.0762. The van der Waals surface area contributed by atoms with Gasteiger partial charge in [-0.15, -0.1) is 0 Å². The molecule has 0 aliphatic carbocycles. The van der Waals surface area contributed by atoms with Crippen LogP contribution in [0.2, 0.25) is 0 Å². The Morgan fingerprint density at radius 3 is 1.94 bits per heavy atom.